The Morgan fingerprint density at radius 1 is 0.633 bits per heavy atom. The van der Waals surface area contributed by atoms with Crippen LogP contribution in [0.3, 0.4) is 0 Å². The minimum Gasteiger partial charge on any atom is -0.455 e. The summed E-state index contributed by atoms with van der Waals surface area (Å²) in [6.07, 6.45) is 24.1. The Balaban J connectivity index is 2.57. The SMILES string of the molecule is CCCCCCCCCCCC[C@@H](O[Si](C)(C)C(C)(C)C)[C@H](CC[C@@H](O)[C@H](O)CCCCCCCCCC[C@H](CC1=C[C@H](C)OC1=O)O[Si](C)(C)C(C)(C)C)OS(C)(=O)=O. The third-order valence-corrected chi connectivity index (χ3v) is 23.1. The molecule has 2 N–H and O–H groups in total. The third-order valence-electron chi connectivity index (χ3n) is 13.5. The lowest BCUT2D eigenvalue weighted by atomic mass is 9.96. The molecule has 0 spiro atoms. The van der Waals surface area contributed by atoms with Crippen molar-refractivity contribution in [2.75, 3.05) is 6.26 Å². The van der Waals surface area contributed by atoms with E-state index in [4.69, 9.17) is 17.8 Å². The molecule has 0 aromatic heterocycles. The van der Waals surface area contributed by atoms with Crippen molar-refractivity contribution in [1.82, 2.24) is 0 Å². The minimum atomic E-state index is -3.76. The van der Waals surface area contributed by atoms with E-state index in [1.54, 1.807) is 0 Å². The molecule has 0 amide bonds. The van der Waals surface area contributed by atoms with E-state index in [0.29, 0.717) is 25.7 Å². The molecular formula is C48H96O9SSi2. The average Bonchev–Trinajstić information content (AvgIpc) is 3.44. The van der Waals surface area contributed by atoms with E-state index in [9.17, 15) is 23.4 Å². The highest BCUT2D eigenvalue weighted by atomic mass is 32.2. The summed E-state index contributed by atoms with van der Waals surface area (Å²) in [6, 6.07) is 0. The zero-order valence-corrected chi connectivity index (χ0v) is 44.0. The van der Waals surface area contributed by atoms with Crippen molar-refractivity contribution in [3.05, 3.63) is 11.6 Å². The van der Waals surface area contributed by atoms with E-state index in [1.165, 1.54) is 44.9 Å². The molecule has 0 unspecified atom stereocenters. The van der Waals surface area contributed by atoms with Crippen molar-refractivity contribution in [2.24, 2.45) is 0 Å². The first-order valence-corrected chi connectivity index (χ1v) is 31.9. The first kappa shape index (κ1) is 57.4. The Bertz CT molecular complexity index is 1310. The number of cyclic esters (lactones) is 1. The Morgan fingerprint density at radius 3 is 1.48 bits per heavy atom. The Morgan fingerprint density at radius 2 is 1.05 bits per heavy atom. The molecule has 6 atom stereocenters. The van der Waals surface area contributed by atoms with Gasteiger partial charge in [-0.1, -0.05) is 164 Å². The van der Waals surface area contributed by atoms with Gasteiger partial charge in [0.15, 0.2) is 16.6 Å². The number of carbonyl (C=O) groups excluding carboxylic acids is 1. The summed E-state index contributed by atoms with van der Waals surface area (Å²) in [7, 11) is -8.00. The van der Waals surface area contributed by atoms with Gasteiger partial charge in [0, 0.05) is 18.1 Å². The summed E-state index contributed by atoms with van der Waals surface area (Å²) in [5.41, 5.74) is 0.754. The number of hydrogen-bond donors (Lipinski definition) is 2. The molecule has 0 fully saturated rings. The molecule has 0 aromatic rings. The van der Waals surface area contributed by atoms with Gasteiger partial charge in [-0.2, -0.15) is 8.42 Å². The Kier molecular flexibility index (Phi) is 27.1. The molecule has 60 heavy (non-hydrogen) atoms. The van der Waals surface area contributed by atoms with Crippen LogP contribution < -0.4 is 0 Å². The van der Waals surface area contributed by atoms with Crippen LogP contribution in [0.4, 0.5) is 0 Å². The van der Waals surface area contributed by atoms with Crippen molar-refractivity contribution >= 4 is 32.7 Å². The van der Waals surface area contributed by atoms with Crippen molar-refractivity contribution in [2.45, 2.75) is 282 Å². The quantitative estimate of drug-likeness (QED) is 0.0276. The van der Waals surface area contributed by atoms with Gasteiger partial charge in [-0.05, 0) is 81.4 Å². The van der Waals surface area contributed by atoms with Gasteiger partial charge in [0.2, 0.25) is 0 Å². The molecule has 0 aromatic carbocycles. The minimum absolute atomic E-state index is 0.0290. The molecule has 0 saturated carbocycles. The largest absolute Gasteiger partial charge is 0.455 e. The van der Waals surface area contributed by atoms with Gasteiger partial charge >= 0.3 is 5.97 Å². The van der Waals surface area contributed by atoms with Gasteiger partial charge < -0.3 is 23.8 Å². The number of aliphatic hydroxyl groups is 2. The highest BCUT2D eigenvalue weighted by Gasteiger charge is 2.42. The molecule has 0 radical (unpaired) electrons. The second-order valence-electron chi connectivity index (χ2n) is 21.4. The second-order valence-corrected chi connectivity index (χ2v) is 32.5. The lowest BCUT2D eigenvalue weighted by Gasteiger charge is -2.41. The summed E-state index contributed by atoms with van der Waals surface area (Å²) >= 11 is 0. The van der Waals surface area contributed by atoms with Crippen LogP contribution in [0, 0.1) is 0 Å². The maximum absolute atomic E-state index is 12.5. The summed E-state index contributed by atoms with van der Waals surface area (Å²) < 4.78 is 49.8. The normalized spacial score (nSPS) is 18.3. The smallest absolute Gasteiger partial charge is 0.334 e. The second kappa shape index (κ2) is 28.3. The number of ether oxygens (including phenoxy) is 1. The van der Waals surface area contributed by atoms with Gasteiger partial charge in [-0.15, -0.1) is 0 Å². The number of rotatable bonds is 35. The van der Waals surface area contributed by atoms with Gasteiger partial charge in [0.1, 0.15) is 12.2 Å². The lowest BCUT2D eigenvalue weighted by Crippen LogP contribution is -2.48. The molecule has 356 valence electrons. The molecule has 1 aliphatic rings. The van der Waals surface area contributed by atoms with Crippen LogP contribution in [-0.2, 0) is 32.7 Å². The van der Waals surface area contributed by atoms with Crippen LogP contribution in [0.1, 0.15) is 209 Å². The summed E-state index contributed by atoms with van der Waals surface area (Å²) in [5.74, 6) is -0.202. The molecule has 12 heteroatoms. The molecule has 9 nitrogen and oxygen atoms in total. The molecule has 0 saturated heterocycles. The van der Waals surface area contributed by atoms with Crippen LogP contribution >= 0.6 is 0 Å². The number of carbonyl (C=O) groups is 1. The fourth-order valence-electron chi connectivity index (χ4n) is 7.56. The van der Waals surface area contributed by atoms with Crippen LogP contribution in [0.5, 0.6) is 0 Å². The van der Waals surface area contributed by atoms with Gasteiger partial charge in [-0.25, -0.2) is 4.79 Å². The molecule has 0 aliphatic carbocycles. The van der Waals surface area contributed by atoms with E-state index in [1.807, 2.05) is 13.0 Å². The number of aliphatic hydroxyl groups excluding tert-OH is 2. The van der Waals surface area contributed by atoms with Crippen LogP contribution in [0.15, 0.2) is 11.6 Å². The third kappa shape index (κ3) is 24.5. The average molecular weight is 906 g/mol. The Hall–Kier alpha value is -0.606. The van der Waals surface area contributed by atoms with Gasteiger partial charge in [0.25, 0.3) is 10.1 Å². The lowest BCUT2D eigenvalue weighted by molar-refractivity contribution is -0.139. The van der Waals surface area contributed by atoms with Crippen molar-refractivity contribution in [3.63, 3.8) is 0 Å². The standard InChI is InChI=1S/C48H96O9SSi2/c1-14-15-16-17-18-19-20-25-28-31-34-45(57-60(12,13)48(6,7)8)44(55-58(9,52)53)36-35-43(50)42(49)33-30-27-24-22-21-23-26-29-32-41(56-59(10,11)47(3,4)5)38-40-37-39(2)54-46(40)51/h37,39,41-45,49-50H,14-36,38H2,1-13H3/t39-,41+,42+,43+,44-,45+/m0/s1. The maximum Gasteiger partial charge on any atom is 0.334 e. The zero-order chi connectivity index (χ0) is 45.6. The maximum atomic E-state index is 12.5. The topological polar surface area (TPSA) is 129 Å². The predicted octanol–water partition coefficient (Wildman–Crippen LogP) is 13.1. The van der Waals surface area contributed by atoms with Crippen LogP contribution in [0.25, 0.3) is 0 Å². The van der Waals surface area contributed by atoms with Crippen LogP contribution in [-0.4, -0.2) is 84.1 Å². The fourth-order valence-corrected chi connectivity index (χ4v) is 11.0. The summed E-state index contributed by atoms with van der Waals surface area (Å²) in [6.45, 7) is 26.4. The molecule has 1 heterocycles. The monoisotopic (exact) mass is 905 g/mol. The van der Waals surface area contributed by atoms with E-state index < -0.39 is 51.2 Å². The van der Waals surface area contributed by atoms with Gasteiger partial charge in [0.05, 0.1) is 24.6 Å². The molecule has 0 bridgehead atoms. The van der Waals surface area contributed by atoms with E-state index in [2.05, 4.69) is 74.7 Å². The van der Waals surface area contributed by atoms with Gasteiger partial charge in [-0.3, -0.25) is 4.18 Å². The highest BCUT2D eigenvalue weighted by molar-refractivity contribution is 7.86. The van der Waals surface area contributed by atoms with E-state index in [0.717, 1.165) is 88.9 Å². The Labute approximate surface area is 372 Å². The van der Waals surface area contributed by atoms with Crippen molar-refractivity contribution in [1.29, 1.82) is 0 Å². The van der Waals surface area contributed by atoms with E-state index >= 15 is 0 Å². The van der Waals surface area contributed by atoms with Crippen molar-refractivity contribution < 1.29 is 41.2 Å². The molecule has 1 rings (SSSR count). The fraction of sp³-hybridized carbons (Fsp3) is 0.938. The first-order valence-electron chi connectivity index (χ1n) is 24.3. The predicted molar refractivity (Wildman–Crippen MR) is 256 cm³/mol. The first-order chi connectivity index (χ1) is 27.8. The van der Waals surface area contributed by atoms with Crippen molar-refractivity contribution in [3.8, 4) is 0 Å². The summed E-state index contributed by atoms with van der Waals surface area (Å²) in [5, 5.41) is 22.0. The molecular weight excluding hydrogens is 809 g/mol. The number of hydrogen-bond acceptors (Lipinski definition) is 9. The van der Waals surface area contributed by atoms with Crippen LogP contribution in [0.2, 0.25) is 36.3 Å². The number of unbranched alkanes of at least 4 members (excludes halogenated alkanes) is 16. The zero-order valence-electron chi connectivity index (χ0n) is 41.2. The number of esters is 1. The molecule has 1 aliphatic heterocycles. The summed E-state index contributed by atoms with van der Waals surface area (Å²) in [4.78, 5) is 12.4. The van der Waals surface area contributed by atoms with E-state index in [-0.39, 0.29) is 34.7 Å². The highest BCUT2D eigenvalue weighted by Crippen LogP contribution is 2.40.